The summed E-state index contributed by atoms with van der Waals surface area (Å²) in [6.45, 7) is 14.5. The molecule has 0 aromatic heterocycles. The lowest BCUT2D eigenvalue weighted by Gasteiger charge is -2.58. The van der Waals surface area contributed by atoms with E-state index in [0.717, 1.165) is 54.8 Å². The largest absolute Gasteiger partial charge is 0.534 e. The van der Waals surface area contributed by atoms with Crippen LogP contribution in [0, 0.1) is 46.3 Å². The summed E-state index contributed by atoms with van der Waals surface area (Å²) < 4.78 is 27.0. The van der Waals surface area contributed by atoms with Gasteiger partial charge < -0.3 is 29.0 Å². The lowest BCUT2D eigenvalue weighted by molar-refractivity contribution is -0.177. The van der Waals surface area contributed by atoms with E-state index in [0.29, 0.717) is 43.5 Å². The molecule has 8 atom stereocenters. The molecule has 1 saturated heterocycles. The predicted octanol–water partition coefficient (Wildman–Crippen LogP) is 7.39. The number of carbonyl (C=O) groups excluding carboxylic acids is 4. The Morgan fingerprint density at radius 2 is 1.53 bits per heavy atom. The summed E-state index contributed by atoms with van der Waals surface area (Å²) in [5.41, 5.74) is 2.25. The first-order valence-corrected chi connectivity index (χ1v) is 20.5. The number of allylic oxidation sites excluding steroid dienone is 1. The summed E-state index contributed by atoms with van der Waals surface area (Å²) in [6.07, 6.45) is 14.7. The molecule has 3 amide bonds. The van der Waals surface area contributed by atoms with Crippen LogP contribution in [0.4, 0.5) is 9.59 Å². The highest BCUT2D eigenvalue weighted by Crippen LogP contribution is 2.67. The molecule has 1 aliphatic heterocycles. The van der Waals surface area contributed by atoms with Gasteiger partial charge in [0, 0.05) is 25.8 Å². The van der Waals surface area contributed by atoms with Crippen molar-refractivity contribution in [1.82, 2.24) is 10.4 Å². The fraction of sp³-hybridized carbons (Fsp3) is 0.854. The summed E-state index contributed by atoms with van der Waals surface area (Å²) >= 11 is 0. The summed E-state index contributed by atoms with van der Waals surface area (Å²) in [6, 6.07) is 0. The van der Waals surface area contributed by atoms with Gasteiger partial charge in [-0.2, -0.15) is 0 Å². The van der Waals surface area contributed by atoms with Gasteiger partial charge in [0.1, 0.15) is 12.7 Å². The van der Waals surface area contributed by atoms with Crippen LogP contribution in [-0.4, -0.2) is 88.0 Å². The number of hydroxylamine groups is 2. The van der Waals surface area contributed by atoms with Gasteiger partial charge >= 0.3 is 12.2 Å². The topological polar surface area (TPSA) is 139 Å². The normalized spacial score (nSPS) is 31.4. The second kappa shape index (κ2) is 19.2. The fourth-order valence-electron chi connectivity index (χ4n) is 10.7. The molecule has 8 unspecified atom stereocenters. The van der Waals surface area contributed by atoms with Crippen molar-refractivity contribution in [3.63, 3.8) is 0 Å². The number of imide groups is 1. The minimum absolute atomic E-state index is 0.0181. The smallest absolute Gasteiger partial charge is 0.446 e. The highest BCUT2D eigenvalue weighted by molar-refractivity contribution is 6.01. The number of nitrogens with one attached hydrogen (secondary N) is 1. The van der Waals surface area contributed by atoms with Crippen molar-refractivity contribution in [1.29, 1.82) is 0 Å². The van der Waals surface area contributed by atoms with Crippen molar-refractivity contribution in [2.45, 2.75) is 124 Å². The van der Waals surface area contributed by atoms with Crippen LogP contribution in [0.2, 0.25) is 0 Å². The molecule has 0 radical (unpaired) electrons. The molecule has 0 bridgehead atoms. The number of ether oxygens (including phenoxy) is 5. The van der Waals surface area contributed by atoms with Gasteiger partial charge in [0.15, 0.2) is 0 Å². The molecule has 1 heterocycles. The standard InChI is InChI=1S/C41H66N2O10/c1-28(2)7-6-8-29(3)33-11-12-34-32-10-9-30-27-31(15-17-40(30,4)35(32)16-18-41(33,34)5)52-38(46)42-19-20-48-21-22-49-23-24-50-25-26-51-39(47)53-43-36(44)13-14-37(43)45/h9,28-29,31-35H,6-8,10-27H2,1-5H3,(H,42,46). The Kier molecular flexibility index (Phi) is 15.1. The second-order valence-electron chi connectivity index (χ2n) is 17.1. The van der Waals surface area contributed by atoms with Crippen molar-refractivity contribution in [3.8, 4) is 0 Å². The monoisotopic (exact) mass is 746 g/mol. The Morgan fingerprint density at radius 1 is 0.849 bits per heavy atom. The molecule has 0 aromatic carbocycles. The number of hydrogen-bond acceptors (Lipinski definition) is 10. The van der Waals surface area contributed by atoms with Gasteiger partial charge in [-0.15, -0.1) is 0 Å². The number of hydrogen-bond donors (Lipinski definition) is 1. The third-order valence-corrected chi connectivity index (χ3v) is 13.4. The number of amides is 3. The number of fused-ring (bicyclic) bond motifs is 5. The molecular weight excluding hydrogens is 680 g/mol. The van der Waals surface area contributed by atoms with Gasteiger partial charge in [-0.3, -0.25) is 14.4 Å². The van der Waals surface area contributed by atoms with Crippen LogP contribution in [0.1, 0.15) is 118 Å². The molecule has 12 nitrogen and oxygen atoms in total. The molecule has 4 aliphatic carbocycles. The second-order valence-corrected chi connectivity index (χ2v) is 17.1. The molecule has 4 fully saturated rings. The zero-order valence-corrected chi connectivity index (χ0v) is 33.0. The van der Waals surface area contributed by atoms with Gasteiger partial charge in [-0.05, 0) is 91.3 Å². The van der Waals surface area contributed by atoms with E-state index in [1.807, 2.05) is 0 Å². The summed E-state index contributed by atoms with van der Waals surface area (Å²) in [7, 11) is 0. The molecule has 53 heavy (non-hydrogen) atoms. The number of nitrogens with zero attached hydrogens (tertiary/aromatic N) is 1. The minimum Gasteiger partial charge on any atom is -0.446 e. The van der Waals surface area contributed by atoms with Gasteiger partial charge in [-0.1, -0.05) is 70.6 Å². The fourth-order valence-corrected chi connectivity index (χ4v) is 10.7. The lowest BCUT2D eigenvalue weighted by atomic mass is 9.47. The first-order chi connectivity index (χ1) is 25.4. The van der Waals surface area contributed by atoms with E-state index < -0.39 is 18.0 Å². The molecule has 12 heteroatoms. The molecule has 3 saturated carbocycles. The predicted molar refractivity (Wildman–Crippen MR) is 197 cm³/mol. The van der Waals surface area contributed by atoms with E-state index in [-0.39, 0.29) is 50.3 Å². The average Bonchev–Trinajstić information content (AvgIpc) is 3.64. The average molecular weight is 747 g/mol. The number of carbonyl (C=O) groups is 4. The van der Waals surface area contributed by atoms with Crippen LogP contribution in [0.25, 0.3) is 0 Å². The molecule has 5 rings (SSSR count). The zero-order valence-electron chi connectivity index (χ0n) is 33.0. The van der Waals surface area contributed by atoms with Crippen LogP contribution >= 0.6 is 0 Å². The van der Waals surface area contributed by atoms with Crippen molar-refractivity contribution >= 4 is 24.1 Å². The van der Waals surface area contributed by atoms with Crippen molar-refractivity contribution < 1.29 is 47.7 Å². The SMILES string of the molecule is CC(C)CCCC(C)C1CCC2C3CC=C4CC(OC(=O)NCCOCCOCCOCCOC(=O)ON5C(=O)CCC5=O)CCC4(C)C3CCC12C. The van der Waals surface area contributed by atoms with Crippen LogP contribution < -0.4 is 5.32 Å². The first-order valence-electron chi connectivity index (χ1n) is 20.5. The van der Waals surface area contributed by atoms with Gasteiger partial charge in [0.2, 0.25) is 0 Å². The molecule has 300 valence electrons. The van der Waals surface area contributed by atoms with E-state index in [4.69, 9.17) is 23.7 Å². The number of alkyl carbamates (subject to hydrolysis) is 1. The molecule has 1 N–H and O–H groups in total. The van der Waals surface area contributed by atoms with Crippen LogP contribution in [-0.2, 0) is 38.1 Å². The van der Waals surface area contributed by atoms with E-state index >= 15 is 0 Å². The first kappa shape index (κ1) is 41.5. The quantitative estimate of drug-likeness (QED) is 0.0616. The Hall–Kier alpha value is -2.70. The van der Waals surface area contributed by atoms with Crippen LogP contribution in [0.3, 0.4) is 0 Å². The highest BCUT2D eigenvalue weighted by Gasteiger charge is 2.59. The van der Waals surface area contributed by atoms with Crippen LogP contribution in [0.15, 0.2) is 11.6 Å². The van der Waals surface area contributed by atoms with E-state index in [1.165, 1.54) is 56.9 Å². The van der Waals surface area contributed by atoms with Gasteiger partial charge in [-0.25, -0.2) is 9.59 Å². The maximum Gasteiger partial charge on any atom is 0.534 e. The third kappa shape index (κ3) is 10.5. The minimum atomic E-state index is -1.13. The molecule has 0 aromatic rings. The number of rotatable bonds is 19. The molecule has 0 spiro atoms. The highest BCUT2D eigenvalue weighted by atomic mass is 16.8. The molecular formula is C41H66N2O10. The van der Waals surface area contributed by atoms with Crippen molar-refractivity contribution in [2.75, 3.05) is 52.8 Å². The van der Waals surface area contributed by atoms with Gasteiger partial charge in [0.05, 0.1) is 39.6 Å². The van der Waals surface area contributed by atoms with E-state index in [1.54, 1.807) is 0 Å². The Balaban J connectivity index is 0.901. The van der Waals surface area contributed by atoms with Crippen molar-refractivity contribution in [2.24, 2.45) is 46.3 Å². The lowest BCUT2D eigenvalue weighted by Crippen LogP contribution is -2.51. The van der Waals surface area contributed by atoms with E-state index in [9.17, 15) is 19.2 Å². The maximum atomic E-state index is 12.6. The summed E-state index contributed by atoms with van der Waals surface area (Å²) in [5.74, 6) is 3.76. The Labute approximate surface area is 316 Å². The Bertz CT molecular complexity index is 1270. The van der Waals surface area contributed by atoms with Crippen LogP contribution in [0.5, 0.6) is 0 Å². The zero-order chi connectivity index (χ0) is 38.0. The van der Waals surface area contributed by atoms with E-state index in [2.05, 4.69) is 50.8 Å². The van der Waals surface area contributed by atoms with Gasteiger partial charge in [0.25, 0.3) is 11.8 Å². The summed E-state index contributed by atoms with van der Waals surface area (Å²) in [5, 5.41) is 3.26. The Morgan fingerprint density at radius 3 is 2.23 bits per heavy atom. The third-order valence-electron chi connectivity index (χ3n) is 13.4. The molecule has 5 aliphatic rings. The summed E-state index contributed by atoms with van der Waals surface area (Å²) in [4.78, 5) is 51.7. The van der Waals surface area contributed by atoms with Crippen molar-refractivity contribution in [3.05, 3.63) is 11.6 Å². The maximum absolute atomic E-state index is 12.6.